The fraction of sp³-hybridized carbons (Fsp3) is 0.400. The third kappa shape index (κ3) is 6.27. The molecule has 6 nitrogen and oxygen atoms in total. The number of aryl methyl sites for hydroxylation is 2. The van der Waals surface area contributed by atoms with E-state index in [0.717, 1.165) is 49.0 Å². The smallest absolute Gasteiger partial charge is 0.191 e. The molecule has 0 unspecified atom stereocenters. The monoisotopic (exact) mass is 355 g/mol. The number of nitrogens with zero attached hydrogens (tertiary/aromatic N) is 3. The van der Waals surface area contributed by atoms with Gasteiger partial charge in [0.1, 0.15) is 18.2 Å². The summed E-state index contributed by atoms with van der Waals surface area (Å²) in [6, 6.07) is 7.99. The van der Waals surface area contributed by atoms with E-state index in [2.05, 4.69) is 31.8 Å². The van der Waals surface area contributed by atoms with Crippen molar-refractivity contribution in [3.8, 4) is 5.75 Å². The minimum Gasteiger partial charge on any atom is -0.489 e. The highest BCUT2D eigenvalue weighted by atomic mass is 16.5. The van der Waals surface area contributed by atoms with Crippen molar-refractivity contribution in [3.63, 3.8) is 0 Å². The summed E-state index contributed by atoms with van der Waals surface area (Å²) in [5.41, 5.74) is 1.09. The summed E-state index contributed by atoms with van der Waals surface area (Å²) in [6.07, 6.45) is 7.78. The summed E-state index contributed by atoms with van der Waals surface area (Å²) in [5, 5.41) is 6.69. The molecular weight excluding hydrogens is 326 g/mol. The van der Waals surface area contributed by atoms with Crippen molar-refractivity contribution >= 4 is 5.96 Å². The molecule has 0 aliphatic heterocycles. The Morgan fingerprint density at radius 3 is 2.88 bits per heavy atom. The molecule has 0 saturated heterocycles. The van der Waals surface area contributed by atoms with Crippen LogP contribution in [0.3, 0.4) is 0 Å². The molecule has 1 aromatic carbocycles. The number of rotatable bonds is 10. The van der Waals surface area contributed by atoms with Gasteiger partial charge in [0, 0.05) is 44.6 Å². The van der Waals surface area contributed by atoms with Crippen LogP contribution in [0.5, 0.6) is 5.75 Å². The topological polar surface area (TPSA) is 63.5 Å². The molecule has 0 fully saturated rings. The molecule has 2 rings (SSSR count). The van der Waals surface area contributed by atoms with Gasteiger partial charge in [0.2, 0.25) is 0 Å². The number of para-hydroxylation sites is 1. The van der Waals surface area contributed by atoms with E-state index in [1.165, 1.54) is 0 Å². The van der Waals surface area contributed by atoms with Crippen LogP contribution in [0.4, 0.5) is 0 Å². The Morgan fingerprint density at radius 1 is 1.31 bits per heavy atom. The fourth-order valence-electron chi connectivity index (χ4n) is 2.59. The number of imidazole rings is 1. The van der Waals surface area contributed by atoms with Gasteiger partial charge < -0.3 is 19.9 Å². The van der Waals surface area contributed by atoms with Crippen molar-refractivity contribution in [3.05, 3.63) is 60.7 Å². The molecule has 0 aliphatic carbocycles. The van der Waals surface area contributed by atoms with Crippen LogP contribution in [-0.2, 0) is 13.1 Å². The first kappa shape index (κ1) is 19.6. The zero-order valence-electron chi connectivity index (χ0n) is 15.7. The molecule has 0 atom stereocenters. The van der Waals surface area contributed by atoms with E-state index in [4.69, 9.17) is 4.74 Å². The first-order chi connectivity index (χ1) is 12.7. The van der Waals surface area contributed by atoms with Gasteiger partial charge in [0.15, 0.2) is 5.96 Å². The van der Waals surface area contributed by atoms with Crippen LogP contribution < -0.4 is 15.4 Å². The fourth-order valence-corrected chi connectivity index (χ4v) is 2.59. The molecule has 2 N–H and O–H groups in total. The van der Waals surface area contributed by atoms with Crippen molar-refractivity contribution in [2.45, 2.75) is 32.9 Å². The van der Waals surface area contributed by atoms with E-state index in [0.29, 0.717) is 13.2 Å². The van der Waals surface area contributed by atoms with Crippen molar-refractivity contribution in [1.82, 2.24) is 20.2 Å². The van der Waals surface area contributed by atoms with Crippen molar-refractivity contribution in [2.75, 3.05) is 20.2 Å². The van der Waals surface area contributed by atoms with Gasteiger partial charge in [0.05, 0.1) is 0 Å². The van der Waals surface area contributed by atoms with Crippen molar-refractivity contribution < 1.29 is 4.74 Å². The van der Waals surface area contributed by atoms with Gasteiger partial charge in [-0.1, -0.05) is 30.9 Å². The largest absolute Gasteiger partial charge is 0.489 e. The van der Waals surface area contributed by atoms with Crippen LogP contribution in [0, 0.1) is 6.92 Å². The highest BCUT2D eigenvalue weighted by molar-refractivity contribution is 5.79. The van der Waals surface area contributed by atoms with Crippen LogP contribution >= 0.6 is 0 Å². The number of unbranched alkanes of at least 4 members (excludes halogenated alkanes) is 1. The van der Waals surface area contributed by atoms with E-state index in [1.54, 1.807) is 13.1 Å². The molecular formula is C20H29N5O. The third-order valence-corrected chi connectivity index (χ3v) is 4.04. The summed E-state index contributed by atoms with van der Waals surface area (Å²) in [4.78, 5) is 8.52. The highest BCUT2D eigenvalue weighted by Gasteiger charge is 2.04. The number of aliphatic imine (C=N–C) groups is 1. The van der Waals surface area contributed by atoms with Gasteiger partial charge in [-0.3, -0.25) is 4.99 Å². The number of guanidine groups is 1. The quantitative estimate of drug-likeness (QED) is 0.298. The van der Waals surface area contributed by atoms with Crippen LogP contribution in [0.25, 0.3) is 0 Å². The number of ether oxygens (including phenoxy) is 1. The van der Waals surface area contributed by atoms with Gasteiger partial charge in [-0.05, 0) is 25.8 Å². The van der Waals surface area contributed by atoms with E-state index in [1.807, 2.05) is 43.6 Å². The molecule has 0 amide bonds. The van der Waals surface area contributed by atoms with Crippen molar-refractivity contribution in [1.29, 1.82) is 0 Å². The lowest BCUT2D eigenvalue weighted by Crippen LogP contribution is -2.37. The second kappa shape index (κ2) is 11.0. The molecule has 1 heterocycles. The average molecular weight is 355 g/mol. The zero-order chi connectivity index (χ0) is 18.6. The van der Waals surface area contributed by atoms with Gasteiger partial charge >= 0.3 is 0 Å². The molecule has 6 heteroatoms. The summed E-state index contributed by atoms with van der Waals surface area (Å²) in [7, 11) is 1.78. The Kier molecular flexibility index (Phi) is 8.26. The minimum absolute atomic E-state index is 0.500. The van der Waals surface area contributed by atoms with E-state index >= 15 is 0 Å². The van der Waals surface area contributed by atoms with Gasteiger partial charge in [-0.15, -0.1) is 0 Å². The molecule has 0 radical (unpaired) electrons. The number of hydrogen-bond donors (Lipinski definition) is 2. The third-order valence-electron chi connectivity index (χ3n) is 4.04. The van der Waals surface area contributed by atoms with Crippen LogP contribution in [0.2, 0.25) is 0 Å². The number of nitrogens with one attached hydrogen (secondary N) is 2. The van der Waals surface area contributed by atoms with E-state index < -0.39 is 0 Å². The van der Waals surface area contributed by atoms with Crippen molar-refractivity contribution in [2.24, 2.45) is 4.99 Å². The summed E-state index contributed by atoms with van der Waals surface area (Å²) >= 11 is 0. The maximum atomic E-state index is 5.68. The minimum atomic E-state index is 0.500. The van der Waals surface area contributed by atoms with Gasteiger partial charge in [0.25, 0.3) is 0 Å². The molecule has 0 saturated carbocycles. The Bertz CT molecular complexity index is 708. The Morgan fingerprint density at radius 2 is 2.15 bits per heavy atom. The maximum Gasteiger partial charge on any atom is 0.191 e. The Hall–Kier alpha value is -2.76. The first-order valence-electron chi connectivity index (χ1n) is 8.98. The molecule has 0 spiro atoms. The Labute approximate surface area is 156 Å². The van der Waals surface area contributed by atoms with Crippen LogP contribution in [0.1, 0.15) is 24.2 Å². The molecule has 0 bridgehead atoms. The predicted octanol–water partition coefficient (Wildman–Crippen LogP) is 2.90. The second-order valence-corrected chi connectivity index (χ2v) is 5.93. The standard InChI is InChI=1S/C20H29N5O/c1-4-15-26-19-10-6-5-9-18(19)16-24-20(21-3)23-11-7-8-13-25-14-12-22-17(25)2/h4-6,9-10,12,14H,1,7-8,11,13,15-16H2,2-3H3,(H2,21,23,24). The Balaban J connectivity index is 1.71. The molecule has 2 aromatic rings. The number of benzene rings is 1. The maximum absolute atomic E-state index is 5.68. The lowest BCUT2D eigenvalue weighted by Gasteiger charge is -2.14. The number of hydrogen-bond acceptors (Lipinski definition) is 3. The van der Waals surface area contributed by atoms with E-state index in [-0.39, 0.29) is 0 Å². The van der Waals surface area contributed by atoms with Crippen LogP contribution in [-0.4, -0.2) is 35.7 Å². The molecule has 140 valence electrons. The lowest BCUT2D eigenvalue weighted by molar-refractivity contribution is 0.358. The highest BCUT2D eigenvalue weighted by Crippen LogP contribution is 2.17. The van der Waals surface area contributed by atoms with E-state index in [9.17, 15) is 0 Å². The second-order valence-electron chi connectivity index (χ2n) is 5.93. The normalized spacial score (nSPS) is 11.2. The SMILES string of the molecule is C=CCOc1ccccc1CNC(=NC)NCCCCn1ccnc1C. The zero-order valence-corrected chi connectivity index (χ0v) is 15.7. The lowest BCUT2D eigenvalue weighted by atomic mass is 10.2. The summed E-state index contributed by atoms with van der Waals surface area (Å²) in [5.74, 6) is 2.72. The number of aromatic nitrogens is 2. The predicted molar refractivity (Wildman–Crippen MR) is 107 cm³/mol. The molecule has 0 aliphatic rings. The summed E-state index contributed by atoms with van der Waals surface area (Å²) in [6.45, 7) is 8.74. The average Bonchev–Trinajstić information content (AvgIpc) is 3.07. The van der Waals surface area contributed by atoms with Gasteiger partial charge in [-0.25, -0.2) is 4.98 Å². The molecule has 1 aromatic heterocycles. The van der Waals surface area contributed by atoms with Crippen LogP contribution in [0.15, 0.2) is 54.3 Å². The summed E-state index contributed by atoms with van der Waals surface area (Å²) < 4.78 is 7.86. The molecule has 26 heavy (non-hydrogen) atoms. The van der Waals surface area contributed by atoms with Gasteiger partial charge in [-0.2, -0.15) is 0 Å². The first-order valence-corrected chi connectivity index (χ1v) is 8.98.